The Morgan fingerprint density at radius 1 is 1.50 bits per heavy atom. The molecule has 14 heavy (non-hydrogen) atoms. The number of carboxylic acid groups (broad SMARTS) is 2. The highest BCUT2D eigenvalue weighted by Crippen LogP contribution is 2.38. The zero-order valence-electron chi connectivity index (χ0n) is 7.40. The quantitative estimate of drug-likeness (QED) is 0.598. The normalized spacial score (nSPS) is 31.0. The van der Waals surface area contributed by atoms with Crippen molar-refractivity contribution in [2.75, 3.05) is 0 Å². The lowest BCUT2D eigenvalue weighted by atomic mass is 9.83. The number of carbonyl (C=O) groups is 2. The highest BCUT2D eigenvalue weighted by atomic mass is 127. The van der Waals surface area contributed by atoms with Crippen LogP contribution in [-0.2, 0) is 9.59 Å². The van der Waals surface area contributed by atoms with Crippen LogP contribution >= 0.6 is 22.6 Å². The van der Waals surface area contributed by atoms with Gasteiger partial charge >= 0.3 is 11.9 Å². The fourth-order valence-electron chi connectivity index (χ4n) is 1.32. The molecule has 0 fully saturated rings. The van der Waals surface area contributed by atoms with Crippen molar-refractivity contribution in [2.24, 2.45) is 5.92 Å². The van der Waals surface area contributed by atoms with E-state index in [4.69, 9.17) is 10.2 Å². The molecular weight excluding hydrogens is 299 g/mol. The topological polar surface area (TPSA) is 74.6 Å². The summed E-state index contributed by atoms with van der Waals surface area (Å²) in [5, 5.41) is 17.8. The first-order chi connectivity index (χ1) is 6.39. The molecule has 1 aliphatic carbocycles. The molecule has 5 heteroatoms. The van der Waals surface area contributed by atoms with Crippen LogP contribution in [0.25, 0.3) is 0 Å². The maximum Gasteiger partial charge on any atom is 0.331 e. The Morgan fingerprint density at radius 2 is 2.07 bits per heavy atom. The number of alkyl halides is 1. The summed E-state index contributed by atoms with van der Waals surface area (Å²) in [6.45, 7) is 1.60. The van der Waals surface area contributed by atoms with Gasteiger partial charge in [-0.05, 0) is 0 Å². The largest absolute Gasteiger partial charge is 0.480 e. The summed E-state index contributed by atoms with van der Waals surface area (Å²) >= 11 is 1.76. The summed E-state index contributed by atoms with van der Waals surface area (Å²) in [6.07, 6.45) is 4.42. The molecule has 2 N–H and O–H groups in total. The van der Waals surface area contributed by atoms with Gasteiger partial charge in [-0.2, -0.15) is 0 Å². The molecule has 0 amide bonds. The van der Waals surface area contributed by atoms with Gasteiger partial charge in [0, 0.05) is 11.5 Å². The molecule has 0 aromatic carbocycles. The highest BCUT2D eigenvalue weighted by Gasteiger charge is 2.43. The van der Waals surface area contributed by atoms with Gasteiger partial charge in [-0.1, -0.05) is 47.7 Å². The molecular formula is C9H9IO4. The number of halogens is 1. The van der Waals surface area contributed by atoms with Gasteiger partial charge in [0.1, 0.15) is 3.42 Å². The molecule has 0 aromatic rings. The summed E-state index contributed by atoms with van der Waals surface area (Å²) < 4.78 is -1.15. The van der Waals surface area contributed by atoms with Crippen LogP contribution in [0.2, 0.25) is 0 Å². The Balaban J connectivity index is 3.11. The zero-order valence-corrected chi connectivity index (χ0v) is 9.56. The van der Waals surface area contributed by atoms with Crippen LogP contribution < -0.4 is 0 Å². The monoisotopic (exact) mass is 308 g/mol. The van der Waals surface area contributed by atoms with Gasteiger partial charge < -0.3 is 10.2 Å². The van der Waals surface area contributed by atoms with Crippen molar-refractivity contribution in [3.63, 3.8) is 0 Å². The fraction of sp³-hybridized carbons (Fsp3) is 0.333. The van der Waals surface area contributed by atoms with E-state index in [0.717, 1.165) is 0 Å². The number of hydrogen-bond acceptors (Lipinski definition) is 2. The summed E-state index contributed by atoms with van der Waals surface area (Å²) in [6, 6.07) is 0. The van der Waals surface area contributed by atoms with Gasteiger partial charge in [0.2, 0.25) is 0 Å². The van der Waals surface area contributed by atoms with Crippen molar-refractivity contribution >= 4 is 34.5 Å². The molecule has 76 valence electrons. The maximum absolute atomic E-state index is 11.0. The molecule has 2 unspecified atom stereocenters. The van der Waals surface area contributed by atoms with Crippen molar-refractivity contribution in [1.29, 1.82) is 0 Å². The molecule has 0 heterocycles. The van der Waals surface area contributed by atoms with Crippen LogP contribution in [0.3, 0.4) is 0 Å². The van der Waals surface area contributed by atoms with Crippen LogP contribution in [0.4, 0.5) is 0 Å². The minimum Gasteiger partial charge on any atom is -0.480 e. The summed E-state index contributed by atoms with van der Waals surface area (Å²) in [5.74, 6) is -2.62. The van der Waals surface area contributed by atoms with E-state index in [9.17, 15) is 9.59 Å². The average Bonchev–Trinajstić information content (AvgIpc) is 2.09. The Labute approximate surface area is 94.4 Å². The molecule has 0 saturated heterocycles. The third kappa shape index (κ3) is 1.68. The van der Waals surface area contributed by atoms with Gasteiger partial charge in [0.25, 0.3) is 0 Å². The van der Waals surface area contributed by atoms with E-state index in [1.807, 2.05) is 0 Å². The molecule has 4 nitrogen and oxygen atoms in total. The number of rotatable bonds is 2. The molecule has 1 aliphatic rings. The first kappa shape index (κ1) is 11.2. The fourth-order valence-corrected chi connectivity index (χ4v) is 1.86. The molecule has 0 spiro atoms. The highest BCUT2D eigenvalue weighted by molar-refractivity contribution is 14.1. The molecule has 2 atom stereocenters. The predicted octanol–water partition coefficient (Wildman–Crippen LogP) is 1.46. The van der Waals surface area contributed by atoms with Crippen LogP contribution in [0.5, 0.6) is 0 Å². The number of carboxylic acids is 2. The van der Waals surface area contributed by atoms with Crippen LogP contribution in [0.15, 0.2) is 23.8 Å². The SMILES string of the molecule is CC1C(C(=O)O)=CC=CC1(I)C(=O)O. The van der Waals surface area contributed by atoms with E-state index in [1.54, 1.807) is 29.5 Å². The average molecular weight is 308 g/mol. The molecule has 0 radical (unpaired) electrons. The van der Waals surface area contributed by atoms with Gasteiger partial charge in [-0.15, -0.1) is 0 Å². The van der Waals surface area contributed by atoms with Gasteiger partial charge in [0.05, 0.1) is 0 Å². The summed E-state index contributed by atoms with van der Waals surface area (Å²) in [5.41, 5.74) is 0.129. The van der Waals surface area contributed by atoms with Crippen molar-refractivity contribution < 1.29 is 19.8 Å². The Bertz CT molecular complexity index is 345. The number of hydrogen-bond donors (Lipinski definition) is 2. The predicted molar refractivity (Wildman–Crippen MR) is 58.4 cm³/mol. The Kier molecular flexibility index (Phi) is 2.98. The molecule has 0 bridgehead atoms. The second-order valence-electron chi connectivity index (χ2n) is 3.08. The van der Waals surface area contributed by atoms with E-state index >= 15 is 0 Å². The smallest absolute Gasteiger partial charge is 0.331 e. The standard InChI is InChI=1S/C9H9IO4/c1-5-6(7(11)12)3-2-4-9(5,10)8(13)14/h2-5H,1H3,(H,11,12)(H,13,14). The summed E-state index contributed by atoms with van der Waals surface area (Å²) in [4.78, 5) is 21.8. The Hall–Kier alpha value is -0.850. The van der Waals surface area contributed by atoms with E-state index in [0.29, 0.717) is 0 Å². The summed E-state index contributed by atoms with van der Waals surface area (Å²) in [7, 11) is 0. The molecule has 1 rings (SSSR count). The lowest BCUT2D eigenvalue weighted by Crippen LogP contribution is -2.40. The minimum absolute atomic E-state index is 0.129. The lowest BCUT2D eigenvalue weighted by Gasteiger charge is -2.29. The first-order valence-electron chi connectivity index (χ1n) is 3.94. The zero-order chi connectivity index (χ0) is 10.9. The molecule has 0 aliphatic heterocycles. The van der Waals surface area contributed by atoms with E-state index in [-0.39, 0.29) is 5.57 Å². The van der Waals surface area contributed by atoms with Crippen molar-refractivity contribution in [1.82, 2.24) is 0 Å². The third-order valence-corrected chi connectivity index (χ3v) is 4.04. The van der Waals surface area contributed by atoms with Crippen molar-refractivity contribution in [3.05, 3.63) is 23.8 Å². The van der Waals surface area contributed by atoms with E-state index in [1.165, 1.54) is 18.2 Å². The second kappa shape index (κ2) is 3.72. The first-order valence-corrected chi connectivity index (χ1v) is 5.02. The Morgan fingerprint density at radius 3 is 2.50 bits per heavy atom. The van der Waals surface area contributed by atoms with Crippen LogP contribution in [0, 0.1) is 5.92 Å². The van der Waals surface area contributed by atoms with Gasteiger partial charge in [-0.3, -0.25) is 4.79 Å². The number of aliphatic carboxylic acids is 2. The van der Waals surface area contributed by atoms with Crippen molar-refractivity contribution in [3.8, 4) is 0 Å². The van der Waals surface area contributed by atoms with Gasteiger partial charge in [0.15, 0.2) is 0 Å². The number of allylic oxidation sites excluding steroid dienone is 2. The van der Waals surface area contributed by atoms with E-state index in [2.05, 4.69) is 0 Å². The second-order valence-corrected chi connectivity index (χ2v) is 4.87. The molecule has 0 aromatic heterocycles. The maximum atomic E-state index is 11.0. The third-order valence-electron chi connectivity index (χ3n) is 2.29. The van der Waals surface area contributed by atoms with Crippen molar-refractivity contribution in [2.45, 2.75) is 10.3 Å². The van der Waals surface area contributed by atoms with Gasteiger partial charge in [-0.25, -0.2) is 4.79 Å². The molecule has 0 saturated carbocycles. The van der Waals surface area contributed by atoms with E-state index < -0.39 is 21.3 Å². The van der Waals surface area contributed by atoms with Crippen LogP contribution in [-0.4, -0.2) is 25.6 Å². The van der Waals surface area contributed by atoms with Crippen LogP contribution in [0.1, 0.15) is 6.92 Å². The lowest BCUT2D eigenvalue weighted by molar-refractivity contribution is -0.139. The minimum atomic E-state index is -1.15.